The van der Waals surface area contributed by atoms with Crippen LogP contribution in [0.15, 0.2) is 16.2 Å². The van der Waals surface area contributed by atoms with E-state index in [0.29, 0.717) is 0 Å². The van der Waals surface area contributed by atoms with Crippen molar-refractivity contribution in [3.63, 3.8) is 0 Å². The first-order valence-electron chi connectivity index (χ1n) is 4.65. The maximum Gasteiger partial charge on any atom is 0.236 e. The molecule has 78 valence electrons. The van der Waals surface area contributed by atoms with Gasteiger partial charge in [-0.05, 0) is 19.3 Å². The van der Waals surface area contributed by atoms with Crippen molar-refractivity contribution in [1.82, 2.24) is 4.90 Å². The molecule has 2 rings (SSSR count). The number of nitrogens with two attached hydrogens (primary N) is 1. The fourth-order valence-corrected chi connectivity index (χ4v) is 3.00. The van der Waals surface area contributed by atoms with Crippen LogP contribution in [0, 0.1) is 0 Å². The van der Waals surface area contributed by atoms with Crippen LogP contribution >= 0.6 is 0 Å². The molecule has 0 amide bonds. The smallest absolute Gasteiger partial charge is 0.236 e. The molecule has 0 bridgehead atoms. The van der Waals surface area contributed by atoms with E-state index in [0.717, 1.165) is 37.8 Å². The van der Waals surface area contributed by atoms with Crippen molar-refractivity contribution in [2.45, 2.75) is 19.3 Å². The average Bonchev–Trinajstić information content (AvgIpc) is 2.41. The van der Waals surface area contributed by atoms with Crippen molar-refractivity contribution in [3.8, 4) is 0 Å². The highest BCUT2D eigenvalue weighted by atomic mass is 32.2. The van der Waals surface area contributed by atoms with Crippen molar-refractivity contribution in [3.05, 3.63) is 11.2 Å². The van der Waals surface area contributed by atoms with Gasteiger partial charge >= 0.3 is 0 Å². The average molecular weight is 215 g/mol. The third-order valence-electron chi connectivity index (χ3n) is 2.38. The lowest BCUT2D eigenvalue weighted by molar-refractivity contribution is 0.346. The van der Waals surface area contributed by atoms with Gasteiger partial charge in [-0.1, -0.05) is 0 Å². The second kappa shape index (κ2) is 3.27. The number of hydrogen-bond donors (Lipinski definition) is 1. The zero-order valence-electron chi connectivity index (χ0n) is 7.81. The zero-order valence-corrected chi connectivity index (χ0v) is 8.63. The first-order valence-corrected chi connectivity index (χ1v) is 6.20. The fraction of sp³-hybridized carbons (Fsp3) is 0.625. The van der Waals surface area contributed by atoms with Gasteiger partial charge in [0.25, 0.3) is 0 Å². The Morgan fingerprint density at radius 3 is 2.43 bits per heavy atom. The first-order chi connectivity index (χ1) is 6.59. The quantitative estimate of drug-likeness (QED) is 0.618. The van der Waals surface area contributed by atoms with E-state index in [2.05, 4.69) is 4.99 Å². The van der Waals surface area contributed by atoms with Gasteiger partial charge in [0.15, 0.2) is 0 Å². The van der Waals surface area contributed by atoms with Crippen LogP contribution < -0.4 is 5.73 Å². The molecule has 2 aliphatic heterocycles. The summed E-state index contributed by atoms with van der Waals surface area (Å²) in [5.74, 6) is 0.0885. The number of aliphatic imine (C=N–C) groups is 1. The van der Waals surface area contributed by atoms with Gasteiger partial charge in [0.2, 0.25) is 15.0 Å². The number of piperidine rings is 1. The Balaban J connectivity index is 2.24. The highest BCUT2D eigenvalue weighted by Crippen LogP contribution is 2.18. The van der Waals surface area contributed by atoms with E-state index in [1.165, 1.54) is 0 Å². The number of likely N-dealkylation sites (tertiary alicyclic amines) is 1. The van der Waals surface area contributed by atoms with Gasteiger partial charge in [0.1, 0.15) is 5.82 Å². The molecule has 0 aromatic carbocycles. The van der Waals surface area contributed by atoms with E-state index in [9.17, 15) is 8.42 Å². The highest BCUT2D eigenvalue weighted by molar-refractivity contribution is 8.09. The van der Waals surface area contributed by atoms with Crippen molar-refractivity contribution >= 4 is 15.0 Å². The third kappa shape index (κ3) is 1.61. The minimum atomic E-state index is -3.35. The second-order valence-electron chi connectivity index (χ2n) is 3.53. The van der Waals surface area contributed by atoms with Gasteiger partial charge in [-0.15, -0.1) is 0 Å². The van der Waals surface area contributed by atoms with Crippen LogP contribution in [-0.4, -0.2) is 31.6 Å². The minimum Gasteiger partial charge on any atom is -0.383 e. The molecule has 0 saturated carbocycles. The van der Waals surface area contributed by atoms with Crippen LogP contribution in [-0.2, 0) is 9.84 Å². The van der Waals surface area contributed by atoms with Crippen LogP contribution in [0.1, 0.15) is 19.3 Å². The van der Waals surface area contributed by atoms with E-state index in [1.807, 2.05) is 0 Å². The topological polar surface area (TPSA) is 75.8 Å². The number of sulfone groups is 1. The number of amidine groups is 1. The Labute approximate surface area is 83.2 Å². The van der Waals surface area contributed by atoms with Crippen LogP contribution in [0.3, 0.4) is 0 Å². The van der Waals surface area contributed by atoms with E-state index in [1.54, 1.807) is 4.90 Å². The molecule has 0 radical (unpaired) electrons. The zero-order chi connectivity index (χ0) is 10.2. The summed E-state index contributed by atoms with van der Waals surface area (Å²) in [6.45, 7) is 1.53. The van der Waals surface area contributed by atoms with Crippen molar-refractivity contribution < 1.29 is 8.42 Å². The van der Waals surface area contributed by atoms with Gasteiger partial charge in [-0.3, -0.25) is 0 Å². The minimum absolute atomic E-state index is 0.0885. The Bertz CT molecular complexity index is 391. The van der Waals surface area contributed by atoms with Crippen LogP contribution in [0.5, 0.6) is 0 Å². The monoisotopic (exact) mass is 215 g/mol. The SMILES string of the molecule is NC1=CS(=O)(=O)C(N2CCCCC2)=N1. The normalized spacial score (nSPS) is 25.9. The molecule has 5 nitrogen and oxygen atoms in total. The Morgan fingerprint density at radius 2 is 1.93 bits per heavy atom. The van der Waals surface area contributed by atoms with Crippen LogP contribution in [0.4, 0.5) is 0 Å². The van der Waals surface area contributed by atoms with Gasteiger partial charge in [-0.2, -0.15) is 0 Å². The summed E-state index contributed by atoms with van der Waals surface area (Å²) in [6.07, 6.45) is 3.20. The van der Waals surface area contributed by atoms with Crippen LogP contribution in [0.2, 0.25) is 0 Å². The van der Waals surface area contributed by atoms with E-state index in [4.69, 9.17) is 5.73 Å². The maximum atomic E-state index is 11.5. The third-order valence-corrected chi connectivity index (χ3v) is 3.79. The highest BCUT2D eigenvalue weighted by Gasteiger charge is 2.29. The van der Waals surface area contributed by atoms with Crippen LogP contribution in [0.25, 0.3) is 0 Å². The number of rotatable bonds is 0. The molecule has 0 aromatic rings. The molecular weight excluding hydrogens is 202 g/mol. The molecule has 0 atom stereocenters. The lowest BCUT2D eigenvalue weighted by atomic mass is 10.1. The molecule has 0 unspecified atom stereocenters. The van der Waals surface area contributed by atoms with E-state index >= 15 is 0 Å². The molecule has 0 spiro atoms. The molecular formula is C8H13N3O2S. The van der Waals surface area contributed by atoms with Crippen molar-refractivity contribution in [1.29, 1.82) is 0 Å². The summed E-state index contributed by atoms with van der Waals surface area (Å²) in [7, 11) is -3.35. The lowest BCUT2D eigenvalue weighted by Gasteiger charge is -2.27. The maximum absolute atomic E-state index is 11.5. The van der Waals surface area contributed by atoms with Gasteiger partial charge < -0.3 is 10.6 Å². The molecule has 0 aliphatic carbocycles. The molecule has 14 heavy (non-hydrogen) atoms. The molecule has 1 saturated heterocycles. The number of nitrogens with zero attached hydrogens (tertiary/aromatic N) is 2. The van der Waals surface area contributed by atoms with E-state index < -0.39 is 9.84 Å². The predicted molar refractivity (Wildman–Crippen MR) is 54.0 cm³/mol. The van der Waals surface area contributed by atoms with E-state index in [-0.39, 0.29) is 11.0 Å². The first kappa shape index (κ1) is 9.51. The fourth-order valence-electron chi connectivity index (χ4n) is 1.75. The molecule has 6 heteroatoms. The van der Waals surface area contributed by atoms with Gasteiger partial charge in [0, 0.05) is 13.1 Å². The summed E-state index contributed by atoms with van der Waals surface area (Å²) in [4.78, 5) is 5.66. The Hall–Kier alpha value is -1.04. The summed E-state index contributed by atoms with van der Waals surface area (Å²) in [5.41, 5.74) is 5.38. The summed E-state index contributed by atoms with van der Waals surface area (Å²) >= 11 is 0. The second-order valence-corrected chi connectivity index (χ2v) is 5.22. The Morgan fingerprint density at radius 1 is 1.29 bits per heavy atom. The summed E-state index contributed by atoms with van der Waals surface area (Å²) in [5, 5.41) is 1.16. The lowest BCUT2D eigenvalue weighted by Crippen LogP contribution is -2.38. The number of hydrogen-bond acceptors (Lipinski definition) is 5. The molecule has 2 aliphatic rings. The molecule has 1 fully saturated rings. The summed E-state index contributed by atoms with van der Waals surface area (Å²) < 4.78 is 23.1. The molecule has 2 heterocycles. The van der Waals surface area contributed by atoms with Crippen molar-refractivity contribution in [2.24, 2.45) is 10.7 Å². The van der Waals surface area contributed by atoms with Gasteiger partial charge in [0.05, 0.1) is 5.41 Å². The van der Waals surface area contributed by atoms with Gasteiger partial charge in [-0.25, -0.2) is 13.4 Å². The Kier molecular flexibility index (Phi) is 2.22. The van der Waals surface area contributed by atoms with Crippen molar-refractivity contribution in [2.75, 3.05) is 13.1 Å². The molecule has 2 N–H and O–H groups in total. The largest absolute Gasteiger partial charge is 0.383 e. The standard InChI is InChI=1S/C8H13N3O2S/c9-7-6-14(12,13)8(10-7)11-4-2-1-3-5-11/h6H,1-5,9H2. The summed E-state index contributed by atoms with van der Waals surface area (Å²) in [6, 6.07) is 0. The molecule has 0 aromatic heterocycles. The predicted octanol–water partition coefficient (Wildman–Crippen LogP) is 0.0143.